The minimum atomic E-state index is -0.0718. The fraction of sp³-hybridized carbons (Fsp3) is 0.455. The van der Waals surface area contributed by atoms with Gasteiger partial charge in [-0.05, 0) is 50.7 Å². The van der Waals surface area contributed by atoms with Gasteiger partial charge in [-0.25, -0.2) is 4.98 Å². The molecule has 148 valence electrons. The van der Waals surface area contributed by atoms with Crippen molar-refractivity contribution in [1.82, 2.24) is 4.98 Å². The maximum absolute atomic E-state index is 13.2. The normalized spacial score (nSPS) is 15.8. The van der Waals surface area contributed by atoms with Crippen molar-refractivity contribution in [3.8, 4) is 16.3 Å². The number of thiazole rings is 1. The van der Waals surface area contributed by atoms with Gasteiger partial charge in [0.1, 0.15) is 29.1 Å². The van der Waals surface area contributed by atoms with Crippen LogP contribution in [0.4, 0.5) is 0 Å². The number of phenolic OH excluding ortho intramolecular Hbond substituents is 1. The number of aromatic hydroxyl groups is 1. The Bertz CT molecular complexity index is 1050. The molecule has 0 atom stereocenters. The lowest BCUT2D eigenvalue weighted by Crippen LogP contribution is -3.10. The number of nitrogens with one attached hydrogen (secondary N) is 1. The van der Waals surface area contributed by atoms with Crippen LogP contribution in [0.3, 0.4) is 0 Å². The number of hydrogen-bond donors (Lipinski definition) is 2. The average Bonchev–Trinajstić information content (AvgIpc) is 2.96. The highest BCUT2D eigenvalue weighted by Gasteiger charge is 2.23. The first kappa shape index (κ1) is 19.2. The molecule has 0 amide bonds. The third kappa shape index (κ3) is 3.59. The molecule has 1 aliphatic rings. The third-order valence-electron chi connectivity index (χ3n) is 5.68. The Labute approximate surface area is 168 Å². The Hall–Kier alpha value is -2.18. The summed E-state index contributed by atoms with van der Waals surface area (Å²) in [7, 11) is 0. The Morgan fingerprint density at radius 1 is 1.25 bits per heavy atom. The SMILES string of the molecule is CCc1cc2c(=O)c(-c3nc(C)cs3)coc2c(C[NH+]2CCCCCC2)c1O. The molecule has 1 aliphatic heterocycles. The van der Waals surface area contributed by atoms with Gasteiger partial charge in [0.15, 0.2) is 0 Å². The van der Waals surface area contributed by atoms with E-state index in [0.717, 1.165) is 29.9 Å². The molecule has 2 N–H and O–H groups in total. The summed E-state index contributed by atoms with van der Waals surface area (Å²) in [6, 6.07) is 1.79. The number of quaternary nitrogens is 1. The lowest BCUT2D eigenvalue weighted by atomic mass is 10.0. The van der Waals surface area contributed by atoms with Crippen molar-refractivity contribution in [1.29, 1.82) is 0 Å². The van der Waals surface area contributed by atoms with Crippen LogP contribution in [0, 0.1) is 6.92 Å². The molecule has 1 saturated heterocycles. The maximum atomic E-state index is 13.2. The molecular formula is C22H27N2O3S+. The van der Waals surface area contributed by atoms with Crippen LogP contribution in [-0.2, 0) is 13.0 Å². The number of hydrogen-bond acceptors (Lipinski definition) is 5. The van der Waals surface area contributed by atoms with Gasteiger partial charge in [-0.1, -0.05) is 6.92 Å². The minimum absolute atomic E-state index is 0.0718. The van der Waals surface area contributed by atoms with E-state index in [1.807, 2.05) is 19.2 Å². The molecule has 0 aliphatic carbocycles. The van der Waals surface area contributed by atoms with Crippen molar-refractivity contribution in [3.63, 3.8) is 0 Å². The molecule has 3 aromatic rings. The van der Waals surface area contributed by atoms with Gasteiger partial charge < -0.3 is 14.4 Å². The van der Waals surface area contributed by atoms with E-state index in [-0.39, 0.29) is 11.2 Å². The Kier molecular flexibility index (Phi) is 5.51. The van der Waals surface area contributed by atoms with Crippen LogP contribution < -0.4 is 10.3 Å². The molecule has 3 heterocycles. The standard InChI is InChI=1S/C22H26N2O3S/c1-3-15-10-16-20(26)18(22-23-14(2)13-28-22)12-27-21(16)17(19(15)25)11-24-8-6-4-5-7-9-24/h10,12-13,25H,3-9,11H2,1-2H3/p+1. The van der Waals surface area contributed by atoms with E-state index in [2.05, 4.69) is 4.98 Å². The highest BCUT2D eigenvalue weighted by molar-refractivity contribution is 7.13. The van der Waals surface area contributed by atoms with Gasteiger partial charge >= 0.3 is 0 Å². The maximum Gasteiger partial charge on any atom is 0.202 e. The molecule has 5 nitrogen and oxygen atoms in total. The highest BCUT2D eigenvalue weighted by atomic mass is 32.1. The Balaban J connectivity index is 1.85. The minimum Gasteiger partial charge on any atom is -0.507 e. The molecule has 0 saturated carbocycles. The summed E-state index contributed by atoms with van der Waals surface area (Å²) in [5, 5.41) is 14.0. The molecule has 0 spiro atoms. The van der Waals surface area contributed by atoms with Crippen molar-refractivity contribution in [2.75, 3.05) is 13.1 Å². The van der Waals surface area contributed by atoms with Crippen LogP contribution in [0.15, 0.2) is 26.9 Å². The smallest absolute Gasteiger partial charge is 0.202 e. The van der Waals surface area contributed by atoms with Crippen LogP contribution in [0.1, 0.15) is 49.4 Å². The van der Waals surface area contributed by atoms with Crippen LogP contribution >= 0.6 is 11.3 Å². The summed E-state index contributed by atoms with van der Waals surface area (Å²) >= 11 is 1.45. The lowest BCUT2D eigenvalue weighted by molar-refractivity contribution is -0.913. The van der Waals surface area contributed by atoms with Gasteiger partial charge in [-0.2, -0.15) is 0 Å². The number of likely N-dealkylation sites (tertiary alicyclic amines) is 1. The van der Waals surface area contributed by atoms with Crippen molar-refractivity contribution >= 4 is 22.3 Å². The van der Waals surface area contributed by atoms with Crippen LogP contribution in [0.25, 0.3) is 21.5 Å². The number of phenols is 1. The number of nitrogens with zero attached hydrogens (tertiary/aromatic N) is 1. The summed E-state index contributed by atoms with van der Waals surface area (Å²) < 4.78 is 5.96. The van der Waals surface area contributed by atoms with Gasteiger partial charge in [-0.15, -0.1) is 11.3 Å². The van der Waals surface area contributed by atoms with Crippen molar-refractivity contribution in [3.05, 3.63) is 44.8 Å². The molecule has 0 bridgehead atoms. The zero-order chi connectivity index (χ0) is 19.7. The summed E-state index contributed by atoms with van der Waals surface area (Å²) in [4.78, 5) is 19.1. The highest BCUT2D eigenvalue weighted by Crippen LogP contribution is 2.32. The molecule has 2 aromatic heterocycles. The summed E-state index contributed by atoms with van der Waals surface area (Å²) in [6.45, 7) is 6.79. The second-order valence-corrected chi connectivity index (χ2v) is 8.56. The van der Waals surface area contributed by atoms with Crippen LogP contribution in [-0.4, -0.2) is 23.2 Å². The van der Waals surface area contributed by atoms with E-state index in [1.54, 1.807) is 6.07 Å². The zero-order valence-corrected chi connectivity index (χ0v) is 17.3. The Morgan fingerprint density at radius 2 is 2.00 bits per heavy atom. The summed E-state index contributed by atoms with van der Waals surface area (Å²) in [5.41, 5.74) is 3.41. The Morgan fingerprint density at radius 3 is 2.64 bits per heavy atom. The molecule has 0 radical (unpaired) electrons. The van der Waals surface area contributed by atoms with Gasteiger partial charge in [0.05, 0.1) is 29.6 Å². The van der Waals surface area contributed by atoms with E-state index in [4.69, 9.17) is 4.42 Å². The van der Waals surface area contributed by atoms with E-state index >= 15 is 0 Å². The number of rotatable bonds is 4. The van der Waals surface area contributed by atoms with Crippen LogP contribution in [0.2, 0.25) is 0 Å². The van der Waals surface area contributed by atoms with Gasteiger partial charge in [-0.3, -0.25) is 4.79 Å². The fourth-order valence-corrected chi connectivity index (χ4v) is 4.91. The molecule has 0 unspecified atom stereocenters. The molecular weight excluding hydrogens is 372 g/mol. The lowest BCUT2D eigenvalue weighted by Gasteiger charge is -2.19. The van der Waals surface area contributed by atoms with Crippen molar-refractivity contribution < 1.29 is 14.4 Å². The first-order valence-corrected chi connectivity index (χ1v) is 11.0. The van der Waals surface area contributed by atoms with Crippen molar-refractivity contribution in [2.24, 2.45) is 0 Å². The number of aromatic nitrogens is 1. The van der Waals surface area contributed by atoms with E-state index < -0.39 is 0 Å². The molecule has 1 fully saturated rings. The molecule has 4 rings (SSSR count). The van der Waals surface area contributed by atoms with E-state index in [1.165, 1.54) is 48.2 Å². The van der Waals surface area contributed by atoms with Crippen LogP contribution in [0.5, 0.6) is 5.75 Å². The predicted molar refractivity (Wildman–Crippen MR) is 112 cm³/mol. The van der Waals surface area contributed by atoms with E-state index in [9.17, 15) is 9.90 Å². The van der Waals surface area contributed by atoms with Gasteiger partial charge in [0.25, 0.3) is 0 Å². The van der Waals surface area contributed by atoms with E-state index in [0.29, 0.717) is 34.5 Å². The topological polar surface area (TPSA) is 67.8 Å². The molecule has 28 heavy (non-hydrogen) atoms. The second kappa shape index (κ2) is 8.05. The molecule has 6 heteroatoms. The summed E-state index contributed by atoms with van der Waals surface area (Å²) in [6.07, 6.45) is 7.14. The predicted octanol–water partition coefficient (Wildman–Crippen LogP) is 3.45. The first-order valence-electron chi connectivity index (χ1n) is 10.1. The largest absolute Gasteiger partial charge is 0.507 e. The number of benzene rings is 1. The molecule has 1 aromatic carbocycles. The van der Waals surface area contributed by atoms with Gasteiger partial charge in [0, 0.05) is 11.1 Å². The monoisotopic (exact) mass is 399 g/mol. The quantitative estimate of drug-likeness (QED) is 0.705. The van der Waals surface area contributed by atoms with Gasteiger partial charge in [0.2, 0.25) is 5.43 Å². The second-order valence-electron chi connectivity index (χ2n) is 7.71. The average molecular weight is 400 g/mol. The number of aryl methyl sites for hydroxylation is 2. The third-order valence-corrected chi connectivity index (χ3v) is 6.67. The fourth-order valence-electron chi connectivity index (χ4n) is 4.11. The summed E-state index contributed by atoms with van der Waals surface area (Å²) in [5.74, 6) is 0.285. The van der Waals surface area contributed by atoms with Crippen molar-refractivity contribution in [2.45, 2.75) is 52.5 Å². The first-order chi connectivity index (χ1) is 13.6. The number of fused-ring (bicyclic) bond motifs is 1. The zero-order valence-electron chi connectivity index (χ0n) is 16.5.